The van der Waals surface area contributed by atoms with Crippen molar-refractivity contribution in [1.82, 2.24) is 14.7 Å². The van der Waals surface area contributed by atoms with Crippen LogP contribution in [-0.4, -0.2) is 33.8 Å². The lowest BCUT2D eigenvalue weighted by molar-refractivity contribution is 0.153. The standard InChI is InChI=1S/C14H28N4/c1-6-13(7-2)18-9-8-12(16-18)10-17(5)14(3,4)11-15/h8-9,13H,6-7,10-11,15H2,1-5H3. The van der Waals surface area contributed by atoms with Gasteiger partial charge in [-0.1, -0.05) is 13.8 Å². The summed E-state index contributed by atoms with van der Waals surface area (Å²) in [5.74, 6) is 0. The highest BCUT2D eigenvalue weighted by Crippen LogP contribution is 2.17. The van der Waals surface area contributed by atoms with Crippen molar-refractivity contribution in [3.63, 3.8) is 0 Å². The number of hydrogen-bond donors (Lipinski definition) is 1. The van der Waals surface area contributed by atoms with Crippen molar-refractivity contribution >= 4 is 0 Å². The topological polar surface area (TPSA) is 47.1 Å². The smallest absolute Gasteiger partial charge is 0.0764 e. The minimum absolute atomic E-state index is 0.0126. The highest BCUT2D eigenvalue weighted by molar-refractivity contribution is 5.01. The van der Waals surface area contributed by atoms with Crippen molar-refractivity contribution in [1.29, 1.82) is 0 Å². The molecule has 1 aromatic rings. The van der Waals surface area contributed by atoms with Gasteiger partial charge in [-0.3, -0.25) is 9.58 Å². The largest absolute Gasteiger partial charge is 0.329 e. The molecule has 1 heterocycles. The van der Waals surface area contributed by atoms with Crippen LogP contribution in [0.4, 0.5) is 0 Å². The van der Waals surface area contributed by atoms with Crippen LogP contribution in [0.2, 0.25) is 0 Å². The zero-order chi connectivity index (χ0) is 13.8. The first-order valence-electron chi connectivity index (χ1n) is 6.90. The van der Waals surface area contributed by atoms with Crippen molar-refractivity contribution < 1.29 is 0 Å². The first kappa shape index (κ1) is 15.2. The van der Waals surface area contributed by atoms with E-state index in [1.165, 1.54) is 0 Å². The van der Waals surface area contributed by atoms with Gasteiger partial charge in [0, 0.05) is 24.8 Å². The molecule has 0 aromatic carbocycles. The predicted octanol–water partition coefficient (Wildman–Crippen LogP) is 2.41. The fourth-order valence-electron chi connectivity index (χ4n) is 1.94. The molecule has 104 valence electrons. The first-order valence-corrected chi connectivity index (χ1v) is 6.90. The molecule has 0 spiro atoms. The molecule has 4 heteroatoms. The van der Waals surface area contributed by atoms with E-state index < -0.39 is 0 Å². The number of likely N-dealkylation sites (N-methyl/N-ethyl adjacent to an activating group) is 1. The molecule has 4 nitrogen and oxygen atoms in total. The predicted molar refractivity (Wildman–Crippen MR) is 76.4 cm³/mol. The fraction of sp³-hybridized carbons (Fsp3) is 0.786. The first-order chi connectivity index (χ1) is 8.44. The zero-order valence-electron chi connectivity index (χ0n) is 12.5. The van der Waals surface area contributed by atoms with E-state index in [4.69, 9.17) is 5.73 Å². The van der Waals surface area contributed by atoms with Gasteiger partial charge in [-0.15, -0.1) is 0 Å². The van der Waals surface area contributed by atoms with Gasteiger partial charge in [0.25, 0.3) is 0 Å². The Bertz CT molecular complexity index is 352. The summed E-state index contributed by atoms with van der Waals surface area (Å²) in [5.41, 5.74) is 6.92. The van der Waals surface area contributed by atoms with Crippen LogP contribution in [0.5, 0.6) is 0 Å². The van der Waals surface area contributed by atoms with E-state index in [1.807, 2.05) is 0 Å². The maximum absolute atomic E-state index is 5.79. The van der Waals surface area contributed by atoms with E-state index in [-0.39, 0.29) is 5.54 Å². The van der Waals surface area contributed by atoms with E-state index in [9.17, 15) is 0 Å². The molecule has 0 bridgehead atoms. The Kier molecular flexibility index (Phi) is 5.35. The average Bonchev–Trinajstić information content (AvgIpc) is 2.79. The van der Waals surface area contributed by atoms with Crippen molar-refractivity contribution in [2.24, 2.45) is 5.73 Å². The van der Waals surface area contributed by atoms with Crippen LogP contribution in [0.25, 0.3) is 0 Å². The second-order valence-electron chi connectivity index (χ2n) is 5.63. The third-order valence-corrected chi connectivity index (χ3v) is 3.91. The van der Waals surface area contributed by atoms with Crippen molar-refractivity contribution in [2.45, 2.75) is 58.7 Å². The minimum Gasteiger partial charge on any atom is -0.329 e. The van der Waals surface area contributed by atoms with E-state index in [2.05, 4.69) is 61.7 Å². The Labute approximate surface area is 111 Å². The summed E-state index contributed by atoms with van der Waals surface area (Å²) in [4.78, 5) is 2.26. The Morgan fingerprint density at radius 1 is 1.39 bits per heavy atom. The molecule has 0 radical (unpaired) electrons. The molecule has 0 aliphatic carbocycles. The zero-order valence-corrected chi connectivity index (χ0v) is 12.5. The lowest BCUT2D eigenvalue weighted by atomic mass is 10.0. The minimum atomic E-state index is 0.0126. The number of rotatable bonds is 7. The summed E-state index contributed by atoms with van der Waals surface area (Å²) in [6, 6.07) is 2.63. The summed E-state index contributed by atoms with van der Waals surface area (Å²) >= 11 is 0. The number of hydrogen-bond acceptors (Lipinski definition) is 3. The third-order valence-electron chi connectivity index (χ3n) is 3.91. The van der Waals surface area contributed by atoms with Gasteiger partial charge in [-0.25, -0.2) is 0 Å². The molecule has 0 saturated heterocycles. The quantitative estimate of drug-likeness (QED) is 0.810. The SMILES string of the molecule is CCC(CC)n1ccc(CN(C)C(C)(C)CN)n1. The van der Waals surface area contributed by atoms with Crippen LogP contribution in [-0.2, 0) is 6.54 Å². The van der Waals surface area contributed by atoms with E-state index >= 15 is 0 Å². The highest BCUT2D eigenvalue weighted by atomic mass is 15.3. The van der Waals surface area contributed by atoms with Gasteiger partial charge in [0.2, 0.25) is 0 Å². The average molecular weight is 252 g/mol. The van der Waals surface area contributed by atoms with Gasteiger partial charge in [-0.2, -0.15) is 5.10 Å². The van der Waals surface area contributed by atoms with Crippen molar-refractivity contribution in [3.8, 4) is 0 Å². The van der Waals surface area contributed by atoms with Gasteiger partial charge >= 0.3 is 0 Å². The summed E-state index contributed by atoms with van der Waals surface area (Å²) in [7, 11) is 2.10. The monoisotopic (exact) mass is 252 g/mol. The molecular weight excluding hydrogens is 224 g/mol. The molecule has 0 amide bonds. The Hall–Kier alpha value is -0.870. The van der Waals surface area contributed by atoms with Crippen LogP contribution < -0.4 is 5.73 Å². The second-order valence-corrected chi connectivity index (χ2v) is 5.63. The fourth-order valence-corrected chi connectivity index (χ4v) is 1.94. The van der Waals surface area contributed by atoms with Crippen LogP contribution in [0.1, 0.15) is 52.3 Å². The number of nitrogens with two attached hydrogens (primary N) is 1. The van der Waals surface area contributed by atoms with Crippen LogP contribution >= 0.6 is 0 Å². The molecule has 18 heavy (non-hydrogen) atoms. The molecular formula is C14H28N4. The molecule has 1 rings (SSSR count). The van der Waals surface area contributed by atoms with Crippen LogP contribution in [0.3, 0.4) is 0 Å². The molecule has 0 aliphatic heterocycles. The maximum atomic E-state index is 5.79. The molecule has 0 fully saturated rings. The van der Waals surface area contributed by atoms with Gasteiger partial charge in [-0.05, 0) is 39.8 Å². The normalized spacial score (nSPS) is 12.7. The third kappa shape index (κ3) is 3.56. The molecule has 0 saturated carbocycles. The van der Waals surface area contributed by atoms with Gasteiger partial charge < -0.3 is 5.73 Å². The Balaban J connectivity index is 2.70. The molecule has 0 aliphatic rings. The summed E-state index contributed by atoms with van der Waals surface area (Å²) in [6.07, 6.45) is 4.35. The van der Waals surface area contributed by atoms with Crippen molar-refractivity contribution in [2.75, 3.05) is 13.6 Å². The lowest BCUT2D eigenvalue weighted by Crippen LogP contribution is -2.46. The van der Waals surface area contributed by atoms with Gasteiger partial charge in [0.05, 0.1) is 11.7 Å². The van der Waals surface area contributed by atoms with E-state index in [0.29, 0.717) is 12.6 Å². The van der Waals surface area contributed by atoms with Crippen molar-refractivity contribution in [3.05, 3.63) is 18.0 Å². The highest BCUT2D eigenvalue weighted by Gasteiger charge is 2.22. The lowest BCUT2D eigenvalue weighted by Gasteiger charge is -2.33. The van der Waals surface area contributed by atoms with E-state index in [0.717, 1.165) is 25.1 Å². The maximum Gasteiger partial charge on any atom is 0.0764 e. The molecule has 1 aromatic heterocycles. The Morgan fingerprint density at radius 2 is 2.00 bits per heavy atom. The van der Waals surface area contributed by atoms with Crippen LogP contribution in [0.15, 0.2) is 12.3 Å². The summed E-state index contributed by atoms with van der Waals surface area (Å²) in [6.45, 7) is 10.2. The van der Waals surface area contributed by atoms with Gasteiger partial charge in [0.15, 0.2) is 0 Å². The Morgan fingerprint density at radius 3 is 2.50 bits per heavy atom. The molecule has 0 atom stereocenters. The summed E-state index contributed by atoms with van der Waals surface area (Å²) in [5, 5.41) is 4.67. The number of nitrogens with zero attached hydrogens (tertiary/aromatic N) is 3. The number of aromatic nitrogens is 2. The second kappa shape index (κ2) is 6.34. The molecule has 0 unspecified atom stereocenters. The van der Waals surface area contributed by atoms with Crippen LogP contribution in [0, 0.1) is 0 Å². The van der Waals surface area contributed by atoms with E-state index in [1.54, 1.807) is 0 Å². The molecule has 2 N–H and O–H groups in total. The summed E-state index contributed by atoms with van der Waals surface area (Å²) < 4.78 is 2.10. The van der Waals surface area contributed by atoms with Gasteiger partial charge in [0.1, 0.15) is 0 Å².